The molecule has 0 fully saturated rings. The van der Waals surface area contributed by atoms with Crippen molar-refractivity contribution in [3.8, 4) is 11.5 Å². The van der Waals surface area contributed by atoms with Gasteiger partial charge in [-0.15, -0.1) is 11.8 Å². The molecular formula is C38H36F3NaO8S. The van der Waals surface area contributed by atoms with Crippen LogP contribution in [0.2, 0.25) is 0 Å². The van der Waals surface area contributed by atoms with E-state index in [1.165, 1.54) is 31.2 Å². The van der Waals surface area contributed by atoms with E-state index in [-0.39, 0.29) is 63.2 Å². The van der Waals surface area contributed by atoms with Crippen LogP contribution in [0.15, 0.2) is 99.1 Å². The summed E-state index contributed by atoms with van der Waals surface area (Å²) in [7, 11) is 0. The molecule has 0 aliphatic heterocycles. The number of thioether (sulfide) groups is 1. The normalized spacial score (nSPS) is 13.0. The van der Waals surface area contributed by atoms with Gasteiger partial charge in [0.25, 0.3) is 0 Å². The molecule has 51 heavy (non-hydrogen) atoms. The van der Waals surface area contributed by atoms with Gasteiger partial charge in [-0.1, -0.05) is 49.8 Å². The Bertz CT molecular complexity index is 1950. The Morgan fingerprint density at radius 1 is 1.06 bits per heavy atom. The number of ketones is 1. The number of unbranched alkanes of at least 4 members (excludes halogenated alkanes) is 2. The maximum atomic E-state index is 13.4. The Morgan fingerprint density at radius 3 is 2.51 bits per heavy atom. The first-order chi connectivity index (χ1) is 23.8. The number of carboxylic acid groups (broad SMARTS) is 1. The minimum Gasteiger partial charge on any atom is -0.542 e. The number of hydrogen-bond acceptors (Lipinski definition) is 9. The zero-order chi connectivity index (χ0) is 36.4. The van der Waals surface area contributed by atoms with E-state index in [0.29, 0.717) is 42.1 Å². The van der Waals surface area contributed by atoms with Gasteiger partial charge in [-0.3, -0.25) is 9.59 Å². The molecule has 1 aromatic heterocycles. The van der Waals surface area contributed by atoms with Gasteiger partial charge >= 0.3 is 35.7 Å². The third kappa shape index (κ3) is 11.3. The fourth-order valence-electron chi connectivity index (χ4n) is 5.19. The van der Waals surface area contributed by atoms with E-state index in [9.17, 15) is 42.9 Å². The number of halogens is 3. The smallest absolute Gasteiger partial charge is 0.542 e. The summed E-state index contributed by atoms with van der Waals surface area (Å²) in [4.78, 5) is 35.9. The number of fused-ring (bicyclic) bond motifs is 1. The summed E-state index contributed by atoms with van der Waals surface area (Å²) in [6.45, 7) is 3.77. The number of rotatable bonds is 16. The van der Waals surface area contributed by atoms with E-state index in [4.69, 9.17) is 9.15 Å². The minimum atomic E-state index is -4.60. The summed E-state index contributed by atoms with van der Waals surface area (Å²) in [6.07, 6.45) is 4.50. The molecule has 3 aromatic carbocycles. The van der Waals surface area contributed by atoms with E-state index in [0.717, 1.165) is 42.8 Å². The number of carbonyl (C=O) groups excluding carboxylic acids is 2. The van der Waals surface area contributed by atoms with Crippen molar-refractivity contribution in [2.75, 3.05) is 6.61 Å². The number of phenols is 1. The number of aromatic hydroxyl groups is 1. The number of aliphatic hydroxyl groups is 1. The summed E-state index contributed by atoms with van der Waals surface area (Å²) in [6, 6.07) is 12.9. The van der Waals surface area contributed by atoms with Crippen LogP contribution in [0.1, 0.15) is 83.2 Å². The average molecular weight is 733 g/mol. The van der Waals surface area contributed by atoms with Crippen LogP contribution in [-0.4, -0.2) is 33.8 Å². The second-order valence-electron chi connectivity index (χ2n) is 11.5. The molecule has 0 aliphatic carbocycles. The minimum absolute atomic E-state index is 0. The van der Waals surface area contributed by atoms with Gasteiger partial charge < -0.3 is 29.3 Å². The predicted molar refractivity (Wildman–Crippen MR) is 183 cm³/mol. The Morgan fingerprint density at radius 2 is 1.82 bits per heavy atom. The number of benzene rings is 3. The van der Waals surface area contributed by atoms with Crippen LogP contribution < -0.4 is 44.8 Å². The molecule has 2 unspecified atom stereocenters. The molecule has 0 saturated heterocycles. The van der Waals surface area contributed by atoms with Crippen molar-refractivity contribution in [2.45, 2.75) is 68.4 Å². The first kappa shape index (κ1) is 41.6. The first-order valence-electron chi connectivity index (χ1n) is 15.9. The van der Waals surface area contributed by atoms with E-state index in [1.54, 1.807) is 36.4 Å². The van der Waals surface area contributed by atoms with Gasteiger partial charge in [0.15, 0.2) is 17.0 Å². The van der Waals surface area contributed by atoms with Crippen LogP contribution in [0.25, 0.3) is 11.0 Å². The van der Waals surface area contributed by atoms with Crippen molar-refractivity contribution in [1.82, 2.24) is 0 Å². The summed E-state index contributed by atoms with van der Waals surface area (Å²) >= 11 is 1.09. The number of carboxylic acids is 1. The summed E-state index contributed by atoms with van der Waals surface area (Å²) < 4.78 is 51.5. The number of aliphatic hydroxyl groups excluding tert-OH is 1. The molecule has 2 N–H and O–H groups in total. The number of aromatic carboxylic acids is 1. The van der Waals surface area contributed by atoms with Crippen molar-refractivity contribution in [2.24, 2.45) is 0 Å². The first-order valence-corrected chi connectivity index (χ1v) is 16.8. The van der Waals surface area contributed by atoms with E-state index >= 15 is 0 Å². The van der Waals surface area contributed by atoms with Crippen molar-refractivity contribution < 1.29 is 76.8 Å². The number of hydrogen-bond donors (Lipinski definition) is 2. The zero-order valence-corrected chi connectivity index (χ0v) is 31.2. The van der Waals surface area contributed by atoms with Crippen LogP contribution in [0, 0.1) is 0 Å². The summed E-state index contributed by atoms with van der Waals surface area (Å²) in [5, 5.41) is 32.4. The fourth-order valence-corrected chi connectivity index (χ4v) is 6.28. The molecule has 264 valence electrons. The Labute approximate surface area is 319 Å². The quantitative estimate of drug-likeness (QED) is 0.0557. The molecule has 4 aromatic rings. The molecule has 8 nitrogen and oxygen atoms in total. The Balaban J connectivity index is 0.00000702. The molecule has 0 spiro atoms. The second kappa shape index (κ2) is 19.1. The van der Waals surface area contributed by atoms with Gasteiger partial charge in [0.2, 0.25) is 0 Å². The number of Topliss-reactive ketones (excluding diaryl/α,β-unsaturated/α-hetero) is 1. The number of allylic oxidation sites excluding steroid dienone is 3. The predicted octanol–water partition coefficient (Wildman–Crippen LogP) is 4.60. The topological polar surface area (TPSA) is 137 Å². The monoisotopic (exact) mass is 732 g/mol. The number of phenolic OH excluding ortho intramolecular Hbond substituents is 1. The molecule has 0 amide bonds. The largest absolute Gasteiger partial charge is 1.00 e. The van der Waals surface area contributed by atoms with E-state index in [1.807, 2.05) is 13.0 Å². The van der Waals surface area contributed by atoms with Gasteiger partial charge in [-0.2, -0.15) is 13.2 Å². The van der Waals surface area contributed by atoms with Crippen LogP contribution in [0.5, 0.6) is 11.5 Å². The molecule has 4 rings (SSSR count). The third-order valence-corrected chi connectivity index (χ3v) is 8.94. The van der Waals surface area contributed by atoms with Gasteiger partial charge in [0.1, 0.15) is 23.1 Å². The van der Waals surface area contributed by atoms with Gasteiger partial charge in [0.05, 0.1) is 34.5 Å². The van der Waals surface area contributed by atoms with Crippen molar-refractivity contribution in [3.63, 3.8) is 0 Å². The standard InChI is InChI=1S/C38H37F3O8S.Na/c1-3-11-29-31(18-17-27(23(2)42)36(29)45)48-19-9-7-5-4-6-8-14-34(35(44)24-12-10-13-25(20-24)38(39,40)41)50-26-15-16-28-30(43)22-33(37(46)47)49-32(28)21-26;/h4,6,8,10,12-18,20-22,34-35,44-45H,3,5,7,9,11,19H2,1-2H3,(H,46,47);/q;+1/p-1. The van der Waals surface area contributed by atoms with Gasteiger partial charge in [-0.05, 0) is 80.6 Å². The molecular weight excluding hydrogens is 696 g/mol. The van der Waals surface area contributed by atoms with Crippen LogP contribution >= 0.6 is 11.8 Å². The van der Waals surface area contributed by atoms with E-state index < -0.39 is 40.3 Å². The van der Waals surface area contributed by atoms with Crippen LogP contribution in [0.4, 0.5) is 13.2 Å². The maximum absolute atomic E-state index is 13.4. The van der Waals surface area contributed by atoms with Crippen molar-refractivity contribution >= 4 is 34.5 Å². The molecule has 0 bridgehead atoms. The molecule has 2 atom stereocenters. The summed E-state index contributed by atoms with van der Waals surface area (Å²) in [5.41, 5.74) is -0.583. The van der Waals surface area contributed by atoms with Crippen molar-refractivity contribution in [1.29, 1.82) is 0 Å². The number of alkyl halides is 3. The fraction of sp³-hybridized carbons (Fsp3) is 0.289. The van der Waals surface area contributed by atoms with Gasteiger partial charge in [-0.25, -0.2) is 0 Å². The second-order valence-corrected chi connectivity index (χ2v) is 12.7. The van der Waals surface area contributed by atoms with Crippen LogP contribution in [-0.2, 0) is 12.6 Å². The summed E-state index contributed by atoms with van der Waals surface area (Å²) in [5.74, 6) is -2.03. The average Bonchev–Trinajstić information content (AvgIpc) is 3.07. The molecule has 1 heterocycles. The maximum Gasteiger partial charge on any atom is 1.00 e. The Kier molecular flexibility index (Phi) is 15.6. The molecule has 0 aliphatic rings. The van der Waals surface area contributed by atoms with E-state index in [2.05, 4.69) is 0 Å². The molecule has 0 radical (unpaired) electrons. The number of ether oxygens (including phenoxy) is 1. The molecule has 0 saturated carbocycles. The van der Waals surface area contributed by atoms with Crippen LogP contribution in [0.3, 0.4) is 0 Å². The zero-order valence-electron chi connectivity index (χ0n) is 28.4. The van der Waals surface area contributed by atoms with Gasteiger partial charge in [0, 0.05) is 16.5 Å². The Hall–Kier alpha value is -3.81. The number of carbonyl (C=O) groups is 2. The molecule has 13 heteroatoms. The third-order valence-electron chi connectivity index (χ3n) is 7.73. The SMILES string of the molecule is CCCc1c(OCCCCC=CC=CC(Sc2ccc3c(=O)cc(C(=O)[O-])oc3c2)C(O)c2cccc(C(F)(F)F)c2)ccc(C(C)=O)c1O.[Na+]. The van der Waals surface area contributed by atoms with Crippen molar-refractivity contribution in [3.05, 3.63) is 123 Å².